The van der Waals surface area contributed by atoms with E-state index in [1.807, 2.05) is 6.07 Å². The Bertz CT molecular complexity index is 470. The number of rotatable bonds is 1. The minimum Gasteiger partial charge on any atom is -0.312 e. The normalized spacial score (nSPS) is 23.4. The van der Waals surface area contributed by atoms with Crippen molar-refractivity contribution in [2.75, 3.05) is 12.8 Å². The van der Waals surface area contributed by atoms with E-state index in [1.165, 1.54) is 0 Å². The molecule has 3 nitrogen and oxygen atoms in total. The van der Waals surface area contributed by atoms with Crippen LogP contribution >= 0.6 is 15.9 Å². The molecule has 0 aromatic heterocycles. The van der Waals surface area contributed by atoms with E-state index in [-0.39, 0.29) is 11.8 Å². The van der Waals surface area contributed by atoms with Crippen molar-refractivity contribution < 1.29 is 8.42 Å². The first-order valence-corrected chi connectivity index (χ1v) is 6.68. The number of benzene rings is 1. The molecule has 1 aliphatic heterocycles. The zero-order valence-corrected chi connectivity index (χ0v) is 10.0. The fraction of sp³-hybridized carbons (Fsp3) is 0.333. The summed E-state index contributed by atoms with van der Waals surface area (Å²) in [7, 11) is -1.29. The summed E-state index contributed by atoms with van der Waals surface area (Å²) in [6.07, 6.45) is 0. The van der Waals surface area contributed by atoms with Crippen molar-refractivity contribution in [2.45, 2.75) is 10.9 Å². The van der Waals surface area contributed by atoms with Gasteiger partial charge in [-0.2, -0.15) is 0 Å². The molecule has 1 N–H and O–H groups in total. The van der Waals surface area contributed by atoms with Crippen LogP contribution in [0.15, 0.2) is 27.6 Å². The first-order chi connectivity index (χ1) is 6.54. The van der Waals surface area contributed by atoms with E-state index in [4.69, 9.17) is 0 Å². The summed E-state index contributed by atoms with van der Waals surface area (Å²) < 4.78 is 24.3. The van der Waals surface area contributed by atoms with E-state index in [2.05, 4.69) is 21.2 Å². The fourth-order valence-electron chi connectivity index (χ4n) is 1.71. The highest BCUT2D eigenvalue weighted by atomic mass is 79.9. The third-order valence-corrected chi connectivity index (χ3v) is 4.72. The molecule has 1 aromatic carbocycles. The monoisotopic (exact) mass is 275 g/mol. The van der Waals surface area contributed by atoms with Gasteiger partial charge in [-0.05, 0) is 30.8 Å². The number of fused-ring (bicyclic) bond motifs is 1. The molecule has 0 amide bonds. The van der Waals surface area contributed by atoms with Crippen molar-refractivity contribution in [2.24, 2.45) is 0 Å². The van der Waals surface area contributed by atoms with Crippen molar-refractivity contribution in [3.63, 3.8) is 0 Å². The number of nitrogens with one attached hydrogen (secondary N) is 1. The third kappa shape index (κ3) is 1.49. The quantitative estimate of drug-likeness (QED) is 0.845. The Balaban J connectivity index is 2.65. The Kier molecular flexibility index (Phi) is 2.41. The van der Waals surface area contributed by atoms with Gasteiger partial charge < -0.3 is 5.32 Å². The molecule has 0 spiro atoms. The largest absolute Gasteiger partial charge is 0.312 e. The van der Waals surface area contributed by atoms with Crippen LogP contribution in [0.2, 0.25) is 0 Å². The van der Waals surface area contributed by atoms with Crippen LogP contribution in [-0.2, 0) is 9.84 Å². The minimum absolute atomic E-state index is 0.0764. The number of sulfone groups is 1. The van der Waals surface area contributed by atoms with E-state index < -0.39 is 9.84 Å². The number of hydrogen-bond acceptors (Lipinski definition) is 3. The molecule has 1 aromatic rings. The molecule has 1 aliphatic rings. The Morgan fingerprint density at radius 3 is 2.86 bits per heavy atom. The smallest absolute Gasteiger partial charge is 0.180 e. The summed E-state index contributed by atoms with van der Waals surface area (Å²) in [6, 6.07) is 5.20. The van der Waals surface area contributed by atoms with Gasteiger partial charge in [-0.3, -0.25) is 0 Å². The Hall–Kier alpha value is -0.390. The second-order valence-corrected chi connectivity index (χ2v) is 6.22. The predicted molar refractivity (Wildman–Crippen MR) is 58.0 cm³/mol. The zero-order valence-electron chi connectivity index (χ0n) is 7.62. The Morgan fingerprint density at radius 1 is 1.50 bits per heavy atom. The van der Waals surface area contributed by atoms with E-state index in [9.17, 15) is 8.42 Å². The van der Waals surface area contributed by atoms with Crippen molar-refractivity contribution >= 4 is 25.8 Å². The molecule has 1 atom stereocenters. The third-order valence-electron chi connectivity index (χ3n) is 2.42. The van der Waals surface area contributed by atoms with Gasteiger partial charge in [0.05, 0.1) is 10.6 Å². The molecular formula is C9H10BrNO2S. The van der Waals surface area contributed by atoms with Gasteiger partial charge in [-0.25, -0.2) is 8.42 Å². The van der Waals surface area contributed by atoms with Gasteiger partial charge in [0.1, 0.15) is 0 Å². The first-order valence-electron chi connectivity index (χ1n) is 4.24. The van der Waals surface area contributed by atoms with Gasteiger partial charge in [-0.1, -0.05) is 15.9 Å². The van der Waals surface area contributed by atoms with Crippen LogP contribution in [0.4, 0.5) is 0 Å². The fourth-order valence-corrected chi connectivity index (χ4v) is 3.89. The van der Waals surface area contributed by atoms with Crippen LogP contribution < -0.4 is 5.32 Å². The summed E-state index contributed by atoms with van der Waals surface area (Å²) in [4.78, 5) is 0.458. The lowest BCUT2D eigenvalue weighted by Gasteiger charge is -2.07. The summed E-state index contributed by atoms with van der Waals surface area (Å²) >= 11 is 3.34. The number of halogens is 1. The molecular weight excluding hydrogens is 266 g/mol. The SMILES string of the molecule is CNC1CS(=O)(=O)c2ccc(Br)cc21. The van der Waals surface area contributed by atoms with Gasteiger partial charge in [0.15, 0.2) is 9.84 Å². The van der Waals surface area contributed by atoms with Crippen molar-refractivity contribution in [1.29, 1.82) is 0 Å². The minimum atomic E-state index is -3.07. The molecule has 0 bridgehead atoms. The van der Waals surface area contributed by atoms with E-state index >= 15 is 0 Å². The van der Waals surface area contributed by atoms with Crippen molar-refractivity contribution in [3.8, 4) is 0 Å². The summed E-state index contributed by atoms with van der Waals surface area (Å²) in [5.41, 5.74) is 0.863. The molecule has 1 unspecified atom stereocenters. The van der Waals surface area contributed by atoms with Crippen LogP contribution in [0.1, 0.15) is 11.6 Å². The van der Waals surface area contributed by atoms with Crippen LogP contribution in [-0.4, -0.2) is 21.2 Å². The maximum absolute atomic E-state index is 11.7. The second kappa shape index (κ2) is 3.32. The molecule has 0 fully saturated rings. The standard InChI is InChI=1S/C9H10BrNO2S/c1-11-8-5-14(12,13)9-3-2-6(10)4-7(8)9/h2-4,8,11H,5H2,1H3. The molecule has 0 radical (unpaired) electrons. The highest BCUT2D eigenvalue weighted by molar-refractivity contribution is 9.10. The maximum atomic E-state index is 11.7. The zero-order chi connectivity index (χ0) is 10.3. The lowest BCUT2D eigenvalue weighted by atomic mass is 10.1. The summed E-state index contributed by atoms with van der Waals surface area (Å²) in [5, 5.41) is 3.00. The molecule has 5 heteroatoms. The molecule has 2 rings (SSSR count). The van der Waals surface area contributed by atoms with Crippen LogP contribution in [0.25, 0.3) is 0 Å². The van der Waals surface area contributed by atoms with E-state index in [1.54, 1.807) is 19.2 Å². The van der Waals surface area contributed by atoms with Gasteiger partial charge >= 0.3 is 0 Å². The van der Waals surface area contributed by atoms with Crippen molar-refractivity contribution in [1.82, 2.24) is 5.32 Å². The first kappa shape index (κ1) is 10.1. The lowest BCUT2D eigenvalue weighted by Crippen LogP contribution is -2.17. The Labute approximate surface area is 91.6 Å². The van der Waals surface area contributed by atoms with Crippen LogP contribution in [0, 0.1) is 0 Å². The highest BCUT2D eigenvalue weighted by Gasteiger charge is 2.33. The molecule has 0 saturated carbocycles. The molecule has 14 heavy (non-hydrogen) atoms. The van der Waals surface area contributed by atoms with Gasteiger partial charge in [0.25, 0.3) is 0 Å². The topological polar surface area (TPSA) is 46.2 Å². The van der Waals surface area contributed by atoms with E-state index in [0.29, 0.717) is 4.90 Å². The second-order valence-electron chi connectivity index (χ2n) is 3.30. The maximum Gasteiger partial charge on any atom is 0.180 e. The van der Waals surface area contributed by atoms with Gasteiger partial charge in [0.2, 0.25) is 0 Å². The summed E-state index contributed by atoms with van der Waals surface area (Å²) in [5.74, 6) is 0.162. The molecule has 1 heterocycles. The van der Waals surface area contributed by atoms with Crippen molar-refractivity contribution in [3.05, 3.63) is 28.2 Å². The average molecular weight is 276 g/mol. The highest BCUT2D eigenvalue weighted by Crippen LogP contribution is 2.34. The predicted octanol–water partition coefficient (Wildman–Crippen LogP) is 1.50. The van der Waals surface area contributed by atoms with E-state index in [0.717, 1.165) is 10.0 Å². The Morgan fingerprint density at radius 2 is 2.21 bits per heavy atom. The van der Waals surface area contributed by atoms with Gasteiger partial charge in [0, 0.05) is 10.5 Å². The molecule has 76 valence electrons. The average Bonchev–Trinajstić information content (AvgIpc) is 2.37. The lowest BCUT2D eigenvalue weighted by molar-refractivity contribution is 0.591. The molecule has 0 saturated heterocycles. The summed E-state index contributed by atoms with van der Waals surface area (Å²) in [6.45, 7) is 0. The number of hydrogen-bond donors (Lipinski definition) is 1. The van der Waals surface area contributed by atoms with Gasteiger partial charge in [-0.15, -0.1) is 0 Å². The van der Waals surface area contributed by atoms with Crippen LogP contribution in [0.5, 0.6) is 0 Å². The van der Waals surface area contributed by atoms with Crippen LogP contribution in [0.3, 0.4) is 0 Å². The molecule has 0 aliphatic carbocycles.